The Morgan fingerprint density at radius 2 is 1.85 bits per heavy atom. The standard InChI is InChI=1S/C23H23N5O2S3/c1-16(21(29)27-11-13-30-14-12-27)32-22-26-25-20(28(22)17-7-3-2-4-8-17)15-31-23-24-18-9-5-6-10-19(18)33-23/h2-10,16H,11-15H2,1H3. The fourth-order valence-corrected chi connectivity index (χ4v) is 6.55. The number of carbonyl (C=O) groups is 1. The van der Waals surface area contributed by atoms with Crippen molar-refractivity contribution < 1.29 is 9.53 Å². The Morgan fingerprint density at radius 1 is 1.09 bits per heavy atom. The Labute approximate surface area is 204 Å². The van der Waals surface area contributed by atoms with Crippen molar-refractivity contribution in [1.29, 1.82) is 0 Å². The van der Waals surface area contributed by atoms with Gasteiger partial charge in [-0.05, 0) is 31.2 Å². The van der Waals surface area contributed by atoms with E-state index >= 15 is 0 Å². The second kappa shape index (κ2) is 10.3. The van der Waals surface area contributed by atoms with Crippen LogP contribution in [0, 0.1) is 0 Å². The predicted molar refractivity (Wildman–Crippen MR) is 133 cm³/mol. The van der Waals surface area contributed by atoms with Crippen LogP contribution in [0.3, 0.4) is 0 Å². The molecule has 1 atom stereocenters. The number of thiazole rings is 1. The number of morpholine rings is 1. The van der Waals surface area contributed by atoms with E-state index in [0.717, 1.165) is 26.5 Å². The largest absolute Gasteiger partial charge is 0.378 e. The molecule has 0 spiro atoms. The Kier molecular flexibility index (Phi) is 6.96. The Morgan fingerprint density at radius 3 is 2.64 bits per heavy atom. The molecule has 7 nitrogen and oxygen atoms in total. The van der Waals surface area contributed by atoms with E-state index in [0.29, 0.717) is 32.1 Å². The molecule has 5 rings (SSSR count). The second-order valence-corrected chi connectivity index (χ2v) is 11.1. The van der Waals surface area contributed by atoms with Gasteiger partial charge >= 0.3 is 0 Å². The molecule has 2 aromatic carbocycles. The molecule has 170 valence electrons. The number of benzene rings is 2. The van der Waals surface area contributed by atoms with Crippen LogP contribution >= 0.6 is 34.9 Å². The maximum Gasteiger partial charge on any atom is 0.236 e. The molecule has 1 unspecified atom stereocenters. The molecule has 33 heavy (non-hydrogen) atoms. The zero-order valence-electron chi connectivity index (χ0n) is 18.1. The van der Waals surface area contributed by atoms with Crippen LogP contribution in [0.2, 0.25) is 0 Å². The first-order chi connectivity index (χ1) is 16.2. The summed E-state index contributed by atoms with van der Waals surface area (Å²) in [7, 11) is 0. The number of thioether (sulfide) groups is 2. The maximum absolute atomic E-state index is 12.9. The van der Waals surface area contributed by atoms with Crippen LogP contribution < -0.4 is 0 Å². The highest BCUT2D eigenvalue weighted by Crippen LogP contribution is 2.33. The maximum atomic E-state index is 12.9. The van der Waals surface area contributed by atoms with Crippen LogP contribution in [0.15, 0.2) is 64.1 Å². The van der Waals surface area contributed by atoms with Gasteiger partial charge in [-0.25, -0.2) is 4.98 Å². The van der Waals surface area contributed by atoms with Gasteiger partial charge in [0.25, 0.3) is 0 Å². The van der Waals surface area contributed by atoms with Crippen molar-refractivity contribution >= 4 is 51.0 Å². The third-order valence-corrected chi connectivity index (χ3v) is 8.47. The summed E-state index contributed by atoms with van der Waals surface area (Å²) < 4.78 is 9.61. The number of para-hydroxylation sites is 2. The normalized spacial score (nSPS) is 15.1. The summed E-state index contributed by atoms with van der Waals surface area (Å²) in [5, 5.41) is 9.41. The van der Waals surface area contributed by atoms with Gasteiger partial charge in [0, 0.05) is 18.8 Å². The van der Waals surface area contributed by atoms with Crippen molar-refractivity contribution in [3.05, 3.63) is 60.4 Å². The van der Waals surface area contributed by atoms with E-state index in [1.54, 1.807) is 23.1 Å². The third kappa shape index (κ3) is 5.08. The predicted octanol–water partition coefficient (Wildman–Crippen LogP) is 4.51. The van der Waals surface area contributed by atoms with Crippen LogP contribution in [-0.2, 0) is 15.3 Å². The van der Waals surface area contributed by atoms with E-state index in [1.165, 1.54) is 16.5 Å². The molecule has 0 N–H and O–H groups in total. The molecular weight excluding hydrogens is 474 g/mol. The van der Waals surface area contributed by atoms with Crippen LogP contribution in [-0.4, -0.2) is 62.1 Å². The quantitative estimate of drug-likeness (QED) is 0.348. The van der Waals surface area contributed by atoms with Crippen LogP contribution in [0.5, 0.6) is 0 Å². The number of rotatable bonds is 7. The number of ether oxygens (including phenoxy) is 1. The average Bonchev–Trinajstić information content (AvgIpc) is 3.46. The van der Waals surface area contributed by atoms with E-state index in [2.05, 4.69) is 16.3 Å². The van der Waals surface area contributed by atoms with E-state index in [-0.39, 0.29) is 11.2 Å². The molecule has 1 amide bonds. The second-order valence-electron chi connectivity index (χ2n) is 7.50. The number of fused-ring (bicyclic) bond motifs is 1. The summed E-state index contributed by atoms with van der Waals surface area (Å²) in [6, 6.07) is 18.2. The van der Waals surface area contributed by atoms with Gasteiger partial charge in [-0.1, -0.05) is 53.9 Å². The summed E-state index contributed by atoms with van der Waals surface area (Å²) in [6.45, 7) is 4.40. The van der Waals surface area contributed by atoms with Gasteiger partial charge in [0.2, 0.25) is 5.91 Å². The minimum atomic E-state index is -0.264. The highest BCUT2D eigenvalue weighted by Gasteiger charge is 2.26. The highest BCUT2D eigenvalue weighted by molar-refractivity contribution is 8.00. The molecule has 1 aliphatic rings. The first-order valence-electron chi connectivity index (χ1n) is 10.7. The minimum Gasteiger partial charge on any atom is -0.378 e. The number of aromatic nitrogens is 4. The van der Waals surface area contributed by atoms with Crippen molar-refractivity contribution in [3.63, 3.8) is 0 Å². The summed E-state index contributed by atoms with van der Waals surface area (Å²) in [6.07, 6.45) is 0. The molecule has 0 bridgehead atoms. The van der Waals surface area contributed by atoms with E-state index in [1.807, 2.05) is 64.9 Å². The van der Waals surface area contributed by atoms with Crippen molar-refractivity contribution in [2.45, 2.75) is 27.4 Å². The molecule has 3 heterocycles. The van der Waals surface area contributed by atoms with Crippen molar-refractivity contribution in [2.24, 2.45) is 0 Å². The molecule has 1 saturated heterocycles. The van der Waals surface area contributed by atoms with E-state index < -0.39 is 0 Å². The van der Waals surface area contributed by atoms with Crippen LogP contribution in [0.25, 0.3) is 15.9 Å². The smallest absolute Gasteiger partial charge is 0.236 e. The number of nitrogens with zero attached hydrogens (tertiary/aromatic N) is 5. The summed E-state index contributed by atoms with van der Waals surface area (Å²) in [4.78, 5) is 19.5. The van der Waals surface area contributed by atoms with Gasteiger partial charge in [-0.2, -0.15) is 0 Å². The van der Waals surface area contributed by atoms with Gasteiger partial charge in [0.05, 0.1) is 34.4 Å². The molecule has 0 radical (unpaired) electrons. The summed E-state index contributed by atoms with van der Waals surface area (Å²) >= 11 is 4.79. The monoisotopic (exact) mass is 497 g/mol. The summed E-state index contributed by atoms with van der Waals surface area (Å²) in [5.41, 5.74) is 2.00. The van der Waals surface area contributed by atoms with Crippen molar-refractivity contribution in [3.8, 4) is 5.69 Å². The number of hydrogen-bond donors (Lipinski definition) is 0. The fourth-order valence-electron chi connectivity index (χ4n) is 3.60. The SMILES string of the molecule is CC(Sc1nnc(CSc2nc3ccccc3s2)n1-c1ccccc1)C(=O)N1CCOCC1. The first kappa shape index (κ1) is 22.4. The lowest BCUT2D eigenvalue weighted by molar-refractivity contribution is -0.134. The highest BCUT2D eigenvalue weighted by atomic mass is 32.2. The topological polar surface area (TPSA) is 73.1 Å². The number of hydrogen-bond acceptors (Lipinski definition) is 8. The molecule has 2 aromatic heterocycles. The zero-order chi connectivity index (χ0) is 22.6. The number of amides is 1. The average molecular weight is 498 g/mol. The van der Waals surface area contributed by atoms with E-state index in [9.17, 15) is 4.79 Å². The molecular formula is C23H23N5O2S3. The lowest BCUT2D eigenvalue weighted by Crippen LogP contribution is -2.44. The molecule has 0 saturated carbocycles. The molecule has 0 aliphatic carbocycles. The molecule has 1 aliphatic heterocycles. The molecule has 4 aromatic rings. The zero-order valence-corrected chi connectivity index (χ0v) is 20.5. The fraction of sp³-hybridized carbons (Fsp3) is 0.304. The van der Waals surface area contributed by atoms with Gasteiger partial charge in [-0.15, -0.1) is 21.5 Å². The van der Waals surface area contributed by atoms with Crippen LogP contribution in [0.1, 0.15) is 12.7 Å². The van der Waals surface area contributed by atoms with Crippen molar-refractivity contribution in [1.82, 2.24) is 24.6 Å². The van der Waals surface area contributed by atoms with Gasteiger partial charge < -0.3 is 9.64 Å². The summed E-state index contributed by atoms with van der Waals surface area (Å²) in [5.74, 6) is 1.57. The molecule has 1 fully saturated rings. The minimum absolute atomic E-state index is 0.108. The Balaban J connectivity index is 1.37. The lowest BCUT2D eigenvalue weighted by atomic mass is 10.3. The molecule has 10 heteroatoms. The van der Waals surface area contributed by atoms with Gasteiger partial charge in [-0.3, -0.25) is 9.36 Å². The lowest BCUT2D eigenvalue weighted by Gasteiger charge is -2.28. The third-order valence-electron chi connectivity index (χ3n) is 5.27. The van der Waals surface area contributed by atoms with Gasteiger partial charge in [0.15, 0.2) is 9.50 Å². The Hall–Kier alpha value is -2.40. The Bertz CT molecular complexity index is 1200. The van der Waals surface area contributed by atoms with E-state index in [4.69, 9.17) is 9.72 Å². The van der Waals surface area contributed by atoms with Gasteiger partial charge in [0.1, 0.15) is 5.82 Å². The van der Waals surface area contributed by atoms with Crippen molar-refractivity contribution in [2.75, 3.05) is 26.3 Å². The van der Waals surface area contributed by atoms with Crippen LogP contribution in [0.4, 0.5) is 0 Å². The number of carbonyl (C=O) groups excluding carboxylic acids is 1. The first-order valence-corrected chi connectivity index (χ1v) is 13.4.